The zero-order valence-corrected chi connectivity index (χ0v) is 11.9. The van der Waals surface area contributed by atoms with Crippen molar-refractivity contribution < 1.29 is 0 Å². The first-order chi connectivity index (χ1) is 9.40. The molecule has 5 heteroatoms. The van der Waals surface area contributed by atoms with E-state index in [0.29, 0.717) is 6.04 Å². The van der Waals surface area contributed by atoms with E-state index in [2.05, 4.69) is 31.9 Å². The van der Waals surface area contributed by atoms with Gasteiger partial charge in [0.05, 0.1) is 6.04 Å². The van der Waals surface area contributed by atoms with E-state index >= 15 is 0 Å². The van der Waals surface area contributed by atoms with Gasteiger partial charge in [-0.05, 0) is 51.7 Å². The van der Waals surface area contributed by atoms with Crippen molar-refractivity contribution in [3.05, 3.63) is 12.2 Å². The summed E-state index contributed by atoms with van der Waals surface area (Å²) in [5.74, 6) is 1.19. The van der Waals surface area contributed by atoms with Crippen LogP contribution >= 0.6 is 0 Å². The summed E-state index contributed by atoms with van der Waals surface area (Å²) in [4.78, 5) is 2.69. The van der Waals surface area contributed by atoms with Gasteiger partial charge in [0.2, 0.25) is 0 Å². The molecule has 2 saturated heterocycles. The van der Waals surface area contributed by atoms with Gasteiger partial charge in [-0.2, -0.15) is 0 Å². The standard InChI is InChI=1S/C14H25N5/c1-2-9-18-11-16-17-14(18)13-4-3-10-19(13)12-5-7-15-8-6-12/h11-13,15H,2-10H2,1H3. The van der Waals surface area contributed by atoms with Crippen LogP contribution in [0.15, 0.2) is 6.33 Å². The molecule has 0 aliphatic carbocycles. The maximum atomic E-state index is 4.42. The summed E-state index contributed by atoms with van der Waals surface area (Å²) < 4.78 is 2.25. The molecular formula is C14H25N5. The minimum atomic E-state index is 0.497. The molecule has 1 aromatic rings. The summed E-state index contributed by atoms with van der Waals surface area (Å²) in [7, 11) is 0. The number of aryl methyl sites for hydroxylation is 1. The predicted molar refractivity (Wildman–Crippen MR) is 74.9 cm³/mol. The molecule has 5 nitrogen and oxygen atoms in total. The highest BCUT2D eigenvalue weighted by atomic mass is 15.3. The molecule has 106 valence electrons. The highest BCUT2D eigenvalue weighted by Gasteiger charge is 2.34. The maximum Gasteiger partial charge on any atom is 0.150 e. The van der Waals surface area contributed by atoms with Gasteiger partial charge in [-0.25, -0.2) is 0 Å². The van der Waals surface area contributed by atoms with E-state index in [-0.39, 0.29) is 0 Å². The molecule has 0 saturated carbocycles. The van der Waals surface area contributed by atoms with Gasteiger partial charge in [0, 0.05) is 12.6 Å². The molecule has 1 N–H and O–H groups in total. The minimum absolute atomic E-state index is 0.497. The third kappa shape index (κ3) is 2.67. The molecule has 2 aliphatic heterocycles. The average Bonchev–Trinajstić information content (AvgIpc) is 3.08. The van der Waals surface area contributed by atoms with Crippen LogP contribution in [-0.4, -0.2) is 45.3 Å². The summed E-state index contributed by atoms with van der Waals surface area (Å²) in [6, 6.07) is 1.23. The minimum Gasteiger partial charge on any atom is -0.317 e. The highest BCUT2D eigenvalue weighted by Crippen LogP contribution is 2.34. The molecule has 0 amide bonds. The molecule has 0 spiro atoms. The van der Waals surface area contributed by atoms with Crippen LogP contribution in [0.2, 0.25) is 0 Å². The predicted octanol–water partition coefficient (Wildman–Crippen LogP) is 1.58. The first-order valence-electron chi connectivity index (χ1n) is 7.74. The smallest absolute Gasteiger partial charge is 0.150 e. The first kappa shape index (κ1) is 13.1. The summed E-state index contributed by atoms with van der Waals surface area (Å²) >= 11 is 0. The molecule has 3 heterocycles. The Balaban J connectivity index is 1.76. The van der Waals surface area contributed by atoms with Gasteiger partial charge in [0.1, 0.15) is 12.2 Å². The van der Waals surface area contributed by atoms with Gasteiger partial charge in [-0.15, -0.1) is 10.2 Å². The zero-order chi connectivity index (χ0) is 13.1. The Labute approximate surface area is 115 Å². The van der Waals surface area contributed by atoms with Crippen LogP contribution in [0, 0.1) is 0 Å². The molecule has 0 radical (unpaired) electrons. The quantitative estimate of drug-likeness (QED) is 0.896. The molecule has 19 heavy (non-hydrogen) atoms. The molecule has 0 aromatic carbocycles. The fourth-order valence-corrected chi connectivity index (χ4v) is 3.58. The number of hydrogen-bond donors (Lipinski definition) is 1. The number of nitrogens with zero attached hydrogens (tertiary/aromatic N) is 4. The highest BCUT2D eigenvalue weighted by molar-refractivity contribution is 5.01. The van der Waals surface area contributed by atoms with Crippen LogP contribution in [-0.2, 0) is 6.54 Å². The molecule has 3 rings (SSSR count). The second kappa shape index (κ2) is 6.01. The van der Waals surface area contributed by atoms with E-state index in [0.717, 1.165) is 32.1 Å². The summed E-state index contributed by atoms with van der Waals surface area (Å²) in [5.41, 5.74) is 0. The number of aromatic nitrogens is 3. The van der Waals surface area contributed by atoms with E-state index in [1.807, 2.05) is 6.33 Å². The Hall–Kier alpha value is -0.940. The number of piperidine rings is 1. The van der Waals surface area contributed by atoms with Gasteiger partial charge >= 0.3 is 0 Å². The molecule has 2 aliphatic rings. The zero-order valence-electron chi connectivity index (χ0n) is 11.9. The van der Waals surface area contributed by atoms with Crippen LogP contribution in [0.25, 0.3) is 0 Å². The van der Waals surface area contributed by atoms with Crippen molar-refractivity contribution >= 4 is 0 Å². The normalized spacial score (nSPS) is 26.1. The topological polar surface area (TPSA) is 46.0 Å². The summed E-state index contributed by atoms with van der Waals surface area (Å²) in [5, 5.41) is 12.0. The maximum absolute atomic E-state index is 4.42. The van der Waals surface area contributed by atoms with Gasteiger partial charge in [-0.1, -0.05) is 6.92 Å². The number of likely N-dealkylation sites (tertiary alicyclic amines) is 1. The van der Waals surface area contributed by atoms with E-state index in [4.69, 9.17) is 0 Å². The van der Waals surface area contributed by atoms with Gasteiger partial charge in [0.15, 0.2) is 0 Å². The lowest BCUT2D eigenvalue weighted by atomic mass is 10.0. The van der Waals surface area contributed by atoms with Crippen molar-refractivity contribution in [2.45, 2.75) is 57.7 Å². The Morgan fingerprint density at radius 3 is 2.95 bits per heavy atom. The largest absolute Gasteiger partial charge is 0.317 e. The number of hydrogen-bond acceptors (Lipinski definition) is 4. The Morgan fingerprint density at radius 1 is 1.32 bits per heavy atom. The summed E-state index contributed by atoms with van der Waals surface area (Å²) in [6.45, 7) is 6.81. The van der Waals surface area contributed by atoms with Crippen LogP contribution < -0.4 is 5.32 Å². The fraction of sp³-hybridized carbons (Fsp3) is 0.857. The SMILES string of the molecule is CCCn1cnnc1C1CCCN1C1CCNCC1. The molecule has 1 aromatic heterocycles. The summed E-state index contributed by atoms with van der Waals surface area (Å²) in [6.07, 6.45) is 8.14. The van der Waals surface area contributed by atoms with E-state index in [9.17, 15) is 0 Å². The van der Waals surface area contributed by atoms with Crippen molar-refractivity contribution in [2.24, 2.45) is 0 Å². The van der Waals surface area contributed by atoms with Crippen molar-refractivity contribution in [3.8, 4) is 0 Å². The van der Waals surface area contributed by atoms with Crippen molar-refractivity contribution in [1.29, 1.82) is 0 Å². The third-order valence-corrected chi connectivity index (χ3v) is 4.48. The van der Waals surface area contributed by atoms with Crippen molar-refractivity contribution in [1.82, 2.24) is 25.0 Å². The molecule has 0 bridgehead atoms. The molecule has 1 atom stereocenters. The van der Waals surface area contributed by atoms with E-state index < -0.39 is 0 Å². The van der Waals surface area contributed by atoms with Crippen molar-refractivity contribution in [3.63, 3.8) is 0 Å². The Bertz CT molecular complexity index is 396. The first-order valence-corrected chi connectivity index (χ1v) is 7.74. The van der Waals surface area contributed by atoms with Gasteiger partial charge in [-0.3, -0.25) is 4.90 Å². The molecule has 1 unspecified atom stereocenters. The Kier molecular flexibility index (Phi) is 4.13. The van der Waals surface area contributed by atoms with E-state index in [1.165, 1.54) is 38.1 Å². The average molecular weight is 263 g/mol. The lowest BCUT2D eigenvalue weighted by Crippen LogP contribution is -2.43. The van der Waals surface area contributed by atoms with Crippen LogP contribution in [0.3, 0.4) is 0 Å². The second-order valence-corrected chi connectivity index (χ2v) is 5.76. The third-order valence-electron chi connectivity index (χ3n) is 4.48. The number of rotatable bonds is 4. The lowest BCUT2D eigenvalue weighted by molar-refractivity contribution is 0.141. The molecular weight excluding hydrogens is 238 g/mol. The van der Waals surface area contributed by atoms with E-state index in [1.54, 1.807) is 0 Å². The van der Waals surface area contributed by atoms with Crippen LogP contribution in [0.5, 0.6) is 0 Å². The second-order valence-electron chi connectivity index (χ2n) is 5.76. The van der Waals surface area contributed by atoms with Gasteiger partial charge in [0.25, 0.3) is 0 Å². The van der Waals surface area contributed by atoms with Crippen LogP contribution in [0.1, 0.15) is 50.9 Å². The fourth-order valence-electron chi connectivity index (χ4n) is 3.58. The monoisotopic (exact) mass is 263 g/mol. The lowest BCUT2D eigenvalue weighted by Gasteiger charge is -2.35. The van der Waals surface area contributed by atoms with Gasteiger partial charge < -0.3 is 9.88 Å². The molecule has 2 fully saturated rings. The Morgan fingerprint density at radius 2 is 2.16 bits per heavy atom. The van der Waals surface area contributed by atoms with Crippen molar-refractivity contribution in [2.75, 3.05) is 19.6 Å². The number of nitrogens with one attached hydrogen (secondary N) is 1. The van der Waals surface area contributed by atoms with Crippen LogP contribution in [0.4, 0.5) is 0 Å².